The smallest absolute Gasteiger partial charge is 0.303 e. The van der Waals surface area contributed by atoms with Gasteiger partial charge >= 0.3 is 11.9 Å². The van der Waals surface area contributed by atoms with E-state index in [-0.39, 0.29) is 18.5 Å². The van der Waals surface area contributed by atoms with E-state index in [1.54, 1.807) is 0 Å². The van der Waals surface area contributed by atoms with Crippen LogP contribution in [0.2, 0.25) is 0 Å². The number of amides is 1. The summed E-state index contributed by atoms with van der Waals surface area (Å²) in [6.45, 7) is 0. The van der Waals surface area contributed by atoms with E-state index < -0.39 is 17.8 Å². The summed E-state index contributed by atoms with van der Waals surface area (Å²) < 4.78 is 0. The Morgan fingerprint density at radius 1 is 1.18 bits per heavy atom. The van der Waals surface area contributed by atoms with Crippen molar-refractivity contribution in [3.63, 3.8) is 0 Å². The molecule has 0 radical (unpaired) electrons. The second-order valence-electron chi connectivity index (χ2n) is 2.75. The topological polar surface area (TPSA) is 143 Å². The van der Waals surface area contributed by atoms with Crippen LogP contribution in [-0.2, 0) is 9.59 Å². The summed E-state index contributed by atoms with van der Waals surface area (Å²) >= 11 is 0. The molecular formula is C9H11N3O5. The van der Waals surface area contributed by atoms with E-state index in [0.29, 0.717) is 0 Å². The minimum atomic E-state index is -1.08. The van der Waals surface area contributed by atoms with Gasteiger partial charge in [0, 0.05) is 6.20 Å². The largest absolute Gasteiger partial charge is 0.481 e. The molecule has 0 aliphatic heterocycles. The molecule has 1 heterocycles. The number of aromatic nitrogens is 2. The monoisotopic (exact) mass is 241 g/mol. The molecule has 0 spiro atoms. The highest BCUT2D eigenvalue weighted by Gasteiger charge is 2.00. The third kappa shape index (κ3) is 8.48. The predicted molar refractivity (Wildman–Crippen MR) is 55.1 cm³/mol. The number of hydrogen-bond acceptors (Lipinski definition) is 5. The van der Waals surface area contributed by atoms with Gasteiger partial charge in [0.1, 0.15) is 12.0 Å². The summed E-state index contributed by atoms with van der Waals surface area (Å²) in [4.78, 5) is 36.8. The lowest BCUT2D eigenvalue weighted by atomic mass is 10.3. The van der Waals surface area contributed by atoms with E-state index in [1.807, 2.05) is 0 Å². The maximum absolute atomic E-state index is 10.3. The number of hydrogen-bond donors (Lipinski definition) is 3. The zero-order valence-corrected chi connectivity index (χ0v) is 8.74. The molecule has 92 valence electrons. The SMILES string of the molecule is NC(=O)c1ccncn1.O=C(O)CCC(=O)O. The van der Waals surface area contributed by atoms with Crippen molar-refractivity contribution in [1.82, 2.24) is 9.97 Å². The van der Waals surface area contributed by atoms with Crippen LogP contribution in [0.25, 0.3) is 0 Å². The molecule has 0 aromatic carbocycles. The number of primary amides is 1. The van der Waals surface area contributed by atoms with E-state index in [0.717, 1.165) is 0 Å². The molecule has 0 atom stereocenters. The van der Waals surface area contributed by atoms with Crippen molar-refractivity contribution in [2.24, 2.45) is 5.73 Å². The Labute approximate surface area is 96.1 Å². The number of rotatable bonds is 4. The summed E-state index contributed by atoms with van der Waals surface area (Å²) in [5.41, 5.74) is 5.13. The Hall–Kier alpha value is -2.51. The number of nitrogens with two attached hydrogens (primary N) is 1. The first-order valence-electron chi connectivity index (χ1n) is 4.43. The fourth-order valence-electron chi connectivity index (χ4n) is 0.650. The van der Waals surface area contributed by atoms with Crippen LogP contribution < -0.4 is 5.73 Å². The van der Waals surface area contributed by atoms with Crippen molar-refractivity contribution in [1.29, 1.82) is 0 Å². The average molecular weight is 241 g/mol. The fourth-order valence-corrected chi connectivity index (χ4v) is 0.650. The fraction of sp³-hybridized carbons (Fsp3) is 0.222. The van der Waals surface area contributed by atoms with Crippen LogP contribution in [0.3, 0.4) is 0 Å². The maximum Gasteiger partial charge on any atom is 0.303 e. The van der Waals surface area contributed by atoms with Crippen molar-refractivity contribution >= 4 is 17.8 Å². The molecule has 0 aliphatic carbocycles. The standard InChI is InChI=1S/C5H5N3O.C4H6O4/c6-5(9)4-1-2-7-3-8-4;5-3(6)1-2-4(7)8/h1-3H,(H2,6,9);1-2H2,(H,5,6)(H,7,8). The van der Waals surface area contributed by atoms with E-state index in [9.17, 15) is 14.4 Å². The number of carbonyl (C=O) groups excluding carboxylic acids is 1. The summed E-state index contributed by atoms with van der Waals surface area (Å²) in [7, 11) is 0. The molecule has 0 bridgehead atoms. The average Bonchev–Trinajstić information content (AvgIpc) is 2.28. The predicted octanol–water partition coefficient (Wildman–Crippen LogP) is -0.489. The molecule has 0 saturated carbocycles. The van der Waals surface area contributed by atoms with Gasteiger partial charge in [-0.1, -0.05) is 0 Å². The first-order chi connectivity index (χ1) is 7.93. The van der Waals surface area contributed by atoms with E-state index in [2.05, 4.69) is 9.97 Å². The molecule has 1 rings (SSSR count). The summed E-state index contributed by atoms with van der Waals surface area (Å²) in [5, 5.41) is 15.8. The number of aliphatic carboxylic acids is 2. The van der Waals surface area contributed by atoms with Gasteiger partial charge in [-0.15, -0.1) is 0 Å². The molecule has 1 aromatic rings. The highest BCUT2D eigenvalue weighted by atomic mass is 16.4. The van der Waals surface area contributed by atoms with E-state index >= 15 is 0 Å². The molecule has 0 unspecified atom stereocenters. The minimum Gasteiger partial charge on any atom is -0.481 e. The van der Waals surface area contributed by atoms with Crippen LogP contribution in [-0.4, -0.2) is 38.0 Å². The van der Waals surface area contributed by atoms with Gasteiger partial charge in [0.05, 0.1) is 12.8 Å². The Balaban J connectivity index is 0.000000304. The molecule has 1 aromatic heterocycles. The second kappa shape index (κ2) is 7.74. The highest BCUT2D eigenvalue weighted by molar-refractivity contribution is 5.90. The number of carboxylic acid groups (broad SMARTS) is 2. The van der Waals surface area contributed by atoms with Gasteiger partial charge < -0.3 is 15.9 Å². The quantitative estimate of drug-likeness (QED) is 0.645. The van der Waals surface area contributed by atoms with Crippen LogP contribution in [0, 0.1) is 0 Å². The third-order valence-electron chi connectivity index (χ3n) is 1.39. The zero-order valence-electron chi connectivity index (χ0n) is 8.74. The van der Waals surface area contributed by atoms with Crippen LogP contribution in [0.4, 0.5) is 0 Å². The first kappa shape index (κ1) is 14.5. The molecule has 1 amide bonds. The van der Waals surface area contributed by atoms with Crippen LogP contribution in [0.5, 0.6) is 0 Å². The van der Waals surface area contributed by atoms with Crippen molar-refractivity contribution < 1.29 is 24.6 Å². The van der Waals surface area contributed by atoms with Crippen molar-refractivity contribution in [3.8, 4) is 0 Å². The van der Waals surface area contributed by atoms with Crippen molar-refractivity contribution in [3.05, 3.63) is 24.3 Å². The Morgan fingerprint density at radius 2 is 1.71 bits per heavy atom. The van der Waals surface area contributed by atoms with Gasteiger partial charge in [-0.05, 0) is 6.07 Å². The Morgan fingerprint density at radius 3 is 1.94 bits per heavy atom. The van der Waals surface area contributed by atoms with Crippen LogP contribution in [0.1, 0.15) is 23.3 Å². The molecule has 0 aliphatic rings. The lowest BCUT2D eigenvalue weighted by molar-refractivity contribution is -0.143. The molecule has 0 saturated heterocycles. The molecule has 4 N–H and O–H groups in total. The molecule has 0 fully saturated rings. The van der Waals surface area contributed by atoms with Gasteiger partial charge in [-0.2, -0.15) is 0 Å². The Kier molecular flexibility index (Phi) is 6.60. The van der Waals surface area contributed by atoms with Gasteiger partial charge in [-0.3, -0.25) is 14.4 Å². The maximum atomic E-state index is 10.3. The molecule has 17 heavy (non-hydrogen) atoms. The summed E-state index contributed by atoms with van der Waals surface area (Å²) in [5.74, 6) is -2.68. The van der Waals surface area contributed by atoms with Crippen molar-refractivity contribution in [2.75, 3.05) is 0 Å². The van der Waals surface area contributed by atoms with E-state index in [1.165, 1.54) is 18.6 Å². The molecule has 8 heteroatoms. The van der Waals surface area contributed by atoms with Gasteiger partial charge in [0.2, 0.25) is 0 Å². The lowest BCUT2D eigenvalue weighted by Gasteiger charge is -1.87. The van der Waals surface area contributed by atoms with Crippen molar-refractivity contribution in [2.45, 2.75) is 12.8 Å². The summed E-state index contributed by atoms with van der Waals surface area (Å²) in [6, 6.07) is 1.46. The van der Waals surface area contributed by atoms with Crippen LogP contribution >= 0.6 is 0 Å². The van der Waals surface area contributed by atoms with E-state index in [4.69, 9.17) is 15.9 Å². The minimum absolute atomic E-state index is 0.241. The Bertz CT molecular complexity index is 379. The van der Waals surface area contributed by atoms with Gasteiger partial charge in [-0.25, -0.2) is 9.97 Å². The zero-order chi connectivity index (χ0) is 13.3. The van der Waals surface area contributed by atoms with Gasteiger partial charge in [0.15, 0.2) is 0 Å². The normalized spacial score (nSPS) is 8.71. The lowest BCUT2D eigenvalue weighted by Crippen LogP contribution is -2.12. The molecule has 8 nitrogen and oxygen atoms in total. The number of nitrogens with zero attached hydrogens (tertiary/aromatic N) is 2. The van der Waals surface area contributed by atoms with Crippen LogP contribution in [0.15, 0.2) is 18.6 Å². The first-order valence-corrected chi connectivity index (χ1v) is 4.43. The molecular weight excluding hydrogens is 230 g/mol. The summed E-state index contributed by atoms with van der Waals surface area (Å²) in [6.07, 6.45) is 2.15. The number of carboxylic acids is 2. The highest BCUT2D eigenvalue weighted by Crippen LogP contribution is 1.86. The third-order valence-corrected chi connectivity index (χ3v) is 1.39. The number of carbonyl (C=O) groups is 3. The van der Waals surface area contributed by atoms with Gasteiger partial charge in [0.25, 0.3) is 5.91 Å². The second-order valence-corrected chi connectivity index (χ2v) is 2.75.